The summed E-state index contributed by atoms with van der Waals surface area (Å²) in [6, 6.07) is 26.4. The van der Waals surface area contributed by atoms with Crippen LogP contribution in [0.3, 0.4) is 0 Å². The molecule has 6 nitrogen and oxygen atoms in total. The highest BCUT2D eigenvalue weighted by Gasteiger charge is 2.56. The fourth-order valence-corrected chi connectivity index (χ4v) is 8.93. The summed E-state index contributed by atoms with van der Waals surface area (Å²) in [6.07, 6.45) is 0. The maximum atomic E-state index is 13.8. The Morgan fingerprint density at radius 3 is 1.97 bits per heavy atom. The van der Waals surface area contributed by atoms with Gasteiger partial charge in [0.25, 0.3) is 0 Å². The maximum absolute atomic E-state index is 13.8. The zero-order chi connectivity index (χ0) is 23.2. The quantitative estimate of drug-likeness (QED) is 0.404. The Hall–Kier alpha value is -2.91. The number of ketones is 1. The zero-order valence-electron chi connectivity index (χ0n) is 17.5. The number of fused-ring (bicyclic) bond motifs is 3. The monoisotopic (exact) mass is 482 g/mol. The van der Waals surface area contributed by atoms with Gasteiger partial charge in [0.05, 0.1) is 35.6 Å². The van der Waals surface area contributed by atoms with Gasteiger partial charge >= 0.3 is 0 Å². The van der Waals surface area contributed by atoms with Crippen LogP contribution in [0.1, 0.15) is 17.3 Å². The molecule has 1 aliphatic heterocycles. The van der Waals surface area contributed by atoms with Gasteiger partial charge in [0.2, 0.25) is 0 Å². The van der Waals surface area contributed by atoms with Gasteiger partial charge in [-0.25, -0.2) is 0 Å². The summed E-state index contributed by atoms with van der Waals surface area (Å²) in [6.45, 7) is 1.60. The molecule has 0 saturated carbocycles. The molecule has 33 heavy (non-hydrogen) atoms. The Labute approximate surface area is 194 Å². The minimum atomic E-state index is -4.86. The third kappa shape index (κ3) is 3.79. The van der Waals surface area contributed by atoms with Crippen molar-refractivity contribution in [2.75, 3.05) is 0 Å². The number of carbonyl (C=O) groups is 1. The first-order chi connectivity index (χ1) is 15.8. The van der Waals surface area contributed by atoms with Crippen molar-refractivity contribution in [3.05, 3.63) is 96.6 Å². The fraction of sp³-hybridized carbons (Fsp3) is 0.0800. The molecule has 1 heterocycles. The predicted octanol–water partition coefficient (Wildman–Crippen LogP) is 3.27. The molecule has 0 fully saturated rings. The molecule has 4 aromatic carbocycles. The maximum Gasteiger partial charge on any atom is 0.177 e. The van der Waals surface area contributed by atoms with Gasteiger partial charge in [0.15, 0.2) is 5.78 Å². The minimum absolute atomic E-state index is 0.332. The molecule has 0 aromatic heterocycles. The van der Waals surface area contributed by atoms with Crippen LogP contribution in [0.4, 0.5) is 0 Å². The van der Waals surface area contributed by atoms with Gasteiger partial charge in [0.1, 0.15) is 15.2 Å². The van der Waals surface area contributed by atoms with Gasteiger partial charge < -0.3 is 4.74 Å². The number of benzene rings is 4. The smallest absolute Gasteiger partial charge is 0.177 e. The van der Waals surface area contributed by atoms with Crippen molar-refractivity contribution < 1.29 is 37.5 Å². The third-order valence-electron chi connectivity index (χ3n) is 5.65. The summed E-state index contributed by atoms with van der Waals surface area (Å²) in [4.78, 5) is 14.5. The first-order valence-corrected chi connectivity index (χ1v) is 13.0. The molecular formula is C25H19ClO6S. The van der Waals surface area contributed by atoms with Crippen LogP contribution in [0.2, 0.25) is 0 Å². The topological polar surface area (TPSA) is 105 Å². The predicted molar refractivity (Wildman–Crippen MR) is 116 cm³/mol. The number of halogens is 1. The average molecular weight is 483 g/mol. The van der Waals surface area contributed by atoms with Crippen LogP contribution in [0.25, 0.3) is 10.8 Å². The second-order valence-corrected chi connectivity index (χ2v) is 11.7. The molecule has 8 heteroatoms. The lowest BCUT2D eigenvalue weighted by atomic mass is 10.0. The molecule has 0 radical (unpaired) electrons. The molecule has 1 aliphatic rings. The highest BCUT2D eigenvalue weighted by atomic mass is 35.7. The van der Waals surface area contributed by atoms with E-state index < -0.39 is 25.8 Å². The highest BCUT2D eigenvalue weighted by Crippen LogP contribution is 2.74. The van der Waals surface area contributed by atoms with Gasteiger partial charge in [0, 0.05) is 5.56 Å². The van der Waals surface area contributed by atoms with Crippen molar-refractivity contribution >= 4 is 26.9 Å². The average Bonchev–Trinajstić information content (AvgIpc) is 2.81. The summed E-state index contributed by atoms with van der Waals surface area (Å²) in [5.41, 5.74) is 0.401. The van der Waals surface area contributed by atoms with E-state index in [0.29, 0.717) is 26.9 Å². The summed E-state index contributed by atoms with van der Waals surface area (Å²) in [5, 5.41) is 0.853. The summed E-state index contributed by atoms with van der Waals surface area (Å²) in [7, 11) is -8.00. The molecule has 4 aromatic rings. The highest BCUT2D eigenvalue weighted by molar-refractivity contribution is 8.31. The lowest BCUT2D eigenvalue weighted by Crippen LogP contribution is -2.61. The SMILES string of the molecule is CC(C(=O)c1ccc2ccccc2c1)S1(O[Cl+3]([O-])([O-])[O-])c2ccccc2Oc2ccccc21. The first kappa shape index (κ1) is 21.9. The number of Topliss-reactive ketones (excluding diaryl/α,β-unsaturated/α-hetero) is 1. The number of hydrogen-bond donors (Lipinski definition) is 0. The van der Waals surface area contributed by atoms with Crippen molar-refractivity contribution in [2.24, 2.45) is 0 Å². The zero-order valence-corrected chi connectivity index (χ0v) is 19.0. The van der Waals surface area contributed by atoms with Crippen LogP contribution >= 0.6 is 10.3 Å². The van der Waals surface area contributed by atoms with E-state index in [1.54, 1.807) is 67.6 Å². The molecule has 168 valence electrons. The van der Waals surface area contributed by atoms with E-state index in [0.717, 1.165) is 10.8 Å². The van der Waals surface area contributed by atoms with E-state index in [9.17, 15) is 18.8 Å². The Morgan fingerprint density at radius 1 is 0.818 bits per heavy atom. The van der Waals surface area contributed by atoms with Crippen LogP contribution in [-0.2, 0) is 3.74 Å². The van der Waals surface area contributed by atoms with Crippen molar-refractivity contribution in [1.29, 1.82) is 0 Å². The first-order valence-electron chi connectivity index (χ1n) is 10.1. The Bertz CT molecular complexity index is 1320. The fourth-order valence-electron chi connectivity index (χ4n) is 4.16. The normalized spacial score (nSPS) is 16.2. The number of hydrogen-bond acceptors (Lipinski definition) is 6. The van der Waals surface area contributed by atoms with Crippen molar-refractivity contribution in [3.63, 3.8) is 0 Å². The molecule has 0 aliphatic carbocycles. The Balaban J connectivity index is 1.72. The molecule has 1 atom stereocenters. The van der Waals surface area contributed by atoms with Crippen LogP contribution in [0, 0.1) is 10.2 Å². The van der Waals surface area contributed by atoms with Crippen molar-refractivity contribution in [3.8, 4) is 11.5 Å². The molecule has 1 unspecified atom stereocenters. The van der Waals surface area contributed by atoms with Crippen LogP contribution < -0.4 is 18.7 Å². The standard InChI is InChI=1S/C25H19ClO6S/c1-17(25(27)20-15-14-18-8-2-3-9-19(18)16-20)33(32-26(28,29)30)23-12-6-4-10-21(23)31-22-11-5-7-13-24(22)33/h2-17H,1H3. The van der Waals surface area contributed by atoms with Gasteiger partial charge in [-0.05, 0) is 48.0 Å². The largest absolute Gasteiger partial charge is 0.455 e. The Morgan fingerprint density at radius 2 is 1.36 bits per heavy atom. The number of rotatable bonds is 5. The van der Waals surface area contributed by atoms with Crippen molar-refractivity contribution in [1.82, 2.24) is 0 Å². The van der Waals surface area contributed by atoms with Crippen LogP contribution in [-0.4, -0.2) is 11.0 Å². The number of ether oxygens (including phenoxy) is 1. The Kier molecular flexibility index (Phi) is 5.41. The lowest BCUT2D eigenvalue weighted by Gasteiger charge is -2.41. The van der Waals surface area contributed by atoms with E-state index >= 15 is 0 Å². The summed E-state index contributed by atoms with van der Waals surface area (Å²) in [5.74, 6) is 0.368. The number of para-hydroxylation sites is 2. The molecular weight excluding hydrogens is 464 g/mol. The molecule has 5 rings (SSSR count). The number of carbonyl (C=O) groups excluding carboxylic acids is 1. The molecule has 0 bridgehead atoms. The van der Waals surface area contributed by atoms with E-state index in [1.807, 2.05) is 30.3 Å². The van der Waals surface area contributed by atoms with E-state index in [1.165, 1.54) is 0 Å². The van der Waals surface area contributed by atoms with Crippen LogP contribution in [0.15, 0.2) is 101 Å². The molecule has 0 amide bonds. The molecule has 0 saturated heterocycles. The van der Waals surface area contributed by atoms with E-state index in [4.69, 9.17) is 8.47 Å². The van der Waals surface area contributed by atoms with Gasteiger partial charge in [-0.15, -0.1) is 0 Å². The van der Waals surface area contributed by atoms with Gasteiger partial charge in [-0.2, -0.15) is 14.0 Å². The second-order valence-electron chi connectivity index (χ2n) is 7.61. The van der Waals surface area contributed by atoms with Gasteiger partial charge in [-0.1, -0.05) is 60.7 Å². The third-order valence-corrected chi connectivity index (χ3v) is 10.3. The lowest BCUT2D eigenvalue weighted by molar-refractivity contribution is -1.91. The van der Waals surface area contributed by atoms with Crippen molar-refractivity contribution in [2.45, 2.75) is 22.0 Å². The summed E-state index contributed by atoms with van der Waals surface area (Å²) >= 11 is 0. The van der Waals surface area contributed by atoms with E-state index in [2.05, 4.69) is 0 Å². The van der Waals surface area contributed by atoms with E-state index in [-0.39, 0.29) is 5.78 Å². The minimum Gasteiger partial charge on any atom is -0.455 e. The summed E-state index contributed by atoms with van der Waals surface area (Å²) < 4.78 is 47.4. The molecule has 0 spiro atoms. The molecule has 0 N–H and O–H groups in total. The van der Waals surface area contributed by atoms with Gasteiger partial charge in [-0.3, -0.25) is 4.79 Å². The second kappa shape index (κ2) is 8.14. The van der Waals surface area contributed by atoms with Crippen LogP contribution in [0.5, 0.6) is 11.5 Å².